The lowest BCUT2D eigenvalue weighted by Gasteiger charge is -2.22. The van der Waals surface area contributed by atoms with E-state index in [1.807, 2.05) is 6.07 Å². The summed E-state index contributed by atoms with van der Waals surface area (Å²) in [6.07, 6.45) is 3.63. The summed E-state index contributed by atoms with van der Waals surface area (Å²) in [7, 11) is 0. The molecule has 1 heterocycles. The van der Waals surface area contributed by atoms with Gasteiger partial charge in [0.25, 0.3) is 0 Å². The molecule has 2 N–H and O–H groups in total. The minimum Gasteiger partial charge on any atom is -0.356 e. The van der Waals surface area contributed by atoms with Crippen LogP contribution >= 0.6 is 23.2 Å². The first-order valence-electron chi connectivity index (χ1n) is 7.54. The Morgan fingerprint density at radius 1 is 1.26 bits per heavy atom. The Kier molecular flexibility index (Phi) is 6.24. The monoisotopic (exact) mass is 354 g/mol. The van der Waals surface area contributed by atoms with E-state index in [9.17, 15) is 0 Å². The number of hydrogen-bond donors (Lipinski definition) is 2. The first-order valence-corrected chi connectivity index (χ1v) is 8.30. The van der Waals surface area contributed by atoms with Crippen LogP contribution in [0.1, 0.15) is 26.7 Å². The summed E-state index contributed by atoms with van der Waals surface area (Å²) in [6.45, 7) is 5.56. The van der Waals surface area contributed by atoms with Crippen LogP contribution in [0.4, 0.5) is 5.82 Å². The van der Waals surface area contributed by atoms with Crippen molar-refractivity contribution >= 4 is 35.0 Å². The first-order chi connectivity index (χ1) is 11.1. The molecule has 124 valence electrons. The number of rotatable bonds is 6. The normalized spacial score (nSPS) is 10.6. The molecule has 1 aromatic heterocycles. The quantitative estimate of drug-likeness (QED) is 0.612. The van der Waals surface area contributed by atoms with E-state index < -0.39 is 0 Å². The fourth-order valence-corrected chi connectivity index (χ4v) is 2.33. The molecule has 2 rings (SSSR count). The SMILES string of the molecule is CCCNC(=N)N(CCC)c1cn(-c2ccc(Cl)c(Cl)c2)nn1. The molecule has 8 heteroatoms. The third-order valence-corrected chi connectivity index (χ3v) is 3.92. The number of nitrogens with zero attached hydrogens (tertiary/aromatic N) is 4. The van der Waals surface area contributed by atoms with E-state index in [0.29, 0.717) is 28.4 Å². The van der Waals surface area contributed by atoms with Gasteiger partial charge in [-0.25, -0.2) is 4.68 Å². The van der Waals surface area contributed by atoms with E-state index >= 15 is 0 Å². The van der Waals surface area contributed by atoms with Crippen LogP contribution in [0.2, 0.25) is 10.0 Å². The summed E-state index contributed by atoms with van der Waals surface area (Å²) >= 11 is 12.0. The van der Waals surface area contributed by atoms with Crippen molar-refractivity contribution in [2.24, 2.45) is 0 Å². The van der Waals surface area contributed by atoms with E-state index in [1.54, 1.807) is 27.9 Å². The molecule has 6 nitrogen and oxygen atoms in total. The van der Waals surface area contributed by atoms with Gasteiger partial charge in [-0.1, -0.05) is 42.3 Å². The zero-order chi connectivity index (χ0) is 16.8. The van der Waals surface area contributed by atoms with Gasteiger partial charge in [-0.3, -0.25) is 10.3 Å². The molecule has 0 fully saturated rings. The summed E-state index contributed by atoms with van der Waals surface area (Å²) in [5.41, 5.74) is 0.766. The fourth-order valence-electron chi connectivity index (χ4n) is 2.04. The van der Waals surface area contributed by atoms with Gasteiger partial charge in [-0.2, -0.15) is 0 Å². The maximum Gasteiger partial charge on any atom is 0.196 e. The third-order valence-electron chi connectivity index (χ3n) is 3.19. The average Bonchev–Trinajstić information content (AvgIpc) is 3.02. The fraction of sp³-hybridized carbons (Fsp3) is 0.400. The van der Waals surface area contributed by atoms with E-state index in [-0.39, 0.29) is 0 Å². The summed E-state index contributed by atoms with van der Waals surface area (Å²) in [5, 5.41) is 20.5. The number of nitrogens with one attached hydrogen (secondary N) is 2. The predicted molar refractivity (Wildman–Crippen MR) is 95.0 cm³/mol. The molecule has 0 amide bonds. The molecule has 0 atom stereocenters. The summed E-state index contributed by atoms with van der Waals surface area (Å²) in [6, 6.07) is 5.26. The molecule has 0 bridgehead atoms. The lowest BCUT2D eigenvalue weighted by molar-refractivity contribution is 0.783. The van der Waals surface area contributed by atoms with Crippen LogP contribution in [-0.4, -0.2) is 34.0 Å². The minimum absolute atomic E-state index is 0.329. The molecule has 0 spiro atoms. The zero-order valence-corrected chi connectivity index (χ0v) is 14.7. The van der Waals surface area contributed by atoms with Crippen molar-refractivity contribution in [3.63, 3.8) is 0 Å². The predicted octanol–water partition coefficient (Wildman–Crippen LogP) is 3.72. The van der Waals surface area contributed by atoms with Crippen molar-refractivity contribution in [1.29, 1.82) is 5.41 Å². The standard InChI is InChI=1S/C15H20Cl2N6/c1-3-7-19-15(18)22(8-4-2)14-10-23(21-20-14)11-5-6-12(16)13(17)9-11/h5-6,9-10H,3-4,7-8H2,1-2H3,(H2,18,19). The molecule has 0 aliphatic rings. The number of halogens is 2. The van der Waals surface area contributed by atoms with Gasteiger partial charge in [-0.15, -0.1) is 5.10 Å². The van der Waals surface area contributed by atoms with Gasteiger partial charge in [0.15, 0.2) is 11.8 Å². The lowest BCUT2D eigenvalue weighted by atomic mass is 10.3. The summed E-state index contributed by atoms with van der Waals surface area (Å²) in [5.74, 6) is 0.946. The van der Waals surface area contributed by atoms with E-state index in [0.717, 1.165) is 25.1 Å². The Bertz CT molecular complexity index is 670. The largest absolute Gasteiger partial charge is 0.356 e. The maximum absolute atomic E-state index is 8.17. The van der Waals surface area contributed by atoms with Crippen LogP contribution in [0.3, 0.4) is 0 Å². The molecule has 0 aliphatic heterocycles. The van der Waals surface area contributed by atoms with Gasteiger partial charge in [0, 0.05) is 13.1 Å². The Morgan fingerprint density at radius 3 is 2.70 bits per heavy atom. The number of aromatic nitrogens is 3. The molecule has 0 unspecified atom stereocenters. The Hall–Kier alpha value is -1.79. The highest BCUT2D eigenvalue weighted by molar-refractivity contribution is 6.42. The summed E-state index contributed by atoms with van der Waals surface area (Å²) in [4.78, 5) is 1.80. The first kappa shape index (κ1) is 17.6. The van der Waals surface area contributed by atoms with Crippen LogP contribution in [0.5, 0.6) is 0 Å². The van der Waals surface area contributed by atoms with Crippen LogP contribution in [0.15, 0.2) is 24.4 Å². The maximum atomic E-state index is 8.17. The average molecular weight is 355 g/mol. The molecule has 0 saturated carbocycles. The third kappa shape index (κ3) is 4.36. The van der Waals surface area contributed by atoms with Crippen LogP contribution in [0.25, 0.3) is 5.69 Å². The van der Waals surface area contributed by atoms with Crippen molar-refractivity contribution in [3.05, 3.63) is 34.4 Å². The van der Waals surface area contributed by atoms with Crippen LogP contribution in [-0.2, 0) is 0 Å². The van der Waals surface area contributed by atoms with Crippen molar-refractivity contribution in [2.75, 3.05) is 18.0 Å². The molecular weight excluding hydrogens is 335 g/mol. The zero-order valence-electron chi connectivity index (χ0n) is 13.2. The second kappa shape index (κ2) is 8.17. The van der Waals surface area contributed by atoms with Crippen molar-refractivity contribution in [3.8, 4) is 5.69 Å². The summed E-state index contributed by atoms with van der Waals surface area (Å²) < 4.78 is 1.62. The Morgan fingerprint density at radius 2 is 2.04 bits per heavy atom. The van der Waals surface area contributed by atoms with Crippen molar-refractivity contribution in [1.82, 2.24) is 20.3 Å². The van der Waals surface area contributed by atoms with E-state index in [2.05, 4.69) is 29.5 Å². The highest BCUT2D eigenvalue weighted by atomic mass is 35.5. The van der Waals surface area contributed by atoms with Gasteiger partial charge < -0.3 is 5.32 Å². The van der Waals surface area contributed by atoms with Crippen LogP contribution < -0.4 is 10.2 Å². The van der Waals surface area contributed by atoms with Gasteiger partial charge in [0.05, 0.1) is 21.9 Å². The Balaban J connectivity index is 2.23. The number of benzene rings is 1. The van der Waals surface area contributed by atoms with Crippen molar-refractivity contribution in [2.45, 2.75) is 26.7 Å². The molecule has 2 aromatic rings. The van der Waals surface area contributed by atoms with Gasteiger partial charge in [0.1, 0.15) is 0 Å². The number of anilines is 1. The second-order valence-electron chi connectivity index (χ2n) is 5.05. The minimum atomic E-state index is 0.329. The van der Waals surface area contributed by atoms with E-state index in [4.69, 9.17) is 28.6 Å². The molecule has 23 heavy (non-hydrogen) atoms. The van der Waals surface area contributed by atoms with Crippen LogP contribution in [0, 0.1) is 5.41 Å². The molecule has 1 aromatic carbocycles. The number of hydrogen-bond acceptors (Lipinski definition) is 3. The lowest BCUT2D eigenvalue weighted by Crippen LogP contribution is -2.41. The highest BCUT2D eigenvalue weighted by Gasteiger charge is 2.15. The second-order valence-corrected chi connectivity index (χ2v) is 5.86. The van der Waals surface area contributed by atoms with Gasteiger partial charge in [-0.05, 0) is 31.0 Å². The molecule has 0 saturated heterocycles. The Labute approximate surface area is 145 Å². The molecule has 0 radical (unpaired) electrons. The number of guanidine groups is 1. The smallest absolute Gasteiger partial charge is 0.196 e. The molecular formula is C15H20Cl2N6. The topological polar surface area (TPSA) is 69.8 Å². The van der Waals surface area contributed by atoms with Gasteiger partial charge >= 0.3 is 0 Å². The van der Waals surface area contributed by atoms with E-state index in [1.165, 1.54) is 0 Å². The van der Waals surface area contributed by atoms with Crippen molar-refractivity contribution < 1.29 is 0 Å². The molecule has 0 aliphatic carbocycles. The van der Waals surface area contributed by atoms with Gasteiger partial charge in [0.2, 0.25) is 0 Å². The highest BCUT2D eigenvalue weighted by Crippen LogP contribution is 2.24.